The molecule has 1 saturated heterocycles. The van der Waals surface area contributed by atoms with E-state index < -0.39 is 0 Å². The molecular formula is C20H27N3O2. The van der Waals surface area contributed by atoms with Crippen LogP contribution in [-0.4, -0.2) is 47.0 Å². The van der Waals surface area contributed by atoms with Gasteiger partial charge in [0.1, 0.15) is 0 Å². The Balaban J connectivity index is 1.56. The maximum atomic E-state index is 12.7. The van der Waals surface area contributed by atoms with Crippen LogP contribution in [0.5, 0.6) is 0 Å². The molecule has 0 aliphatic carbocycles. The number of carbonyl (C=O) groups is 1. The Hall–Kier alpha value is -2.14. The van der Waals surface area contributed by atoms with Crippen molar-refractivity contribution in [2.24, 2.45) is 0 Å². The fraction of sp³-hybridized carbons (Fsp3) is 0.500. The van der Waals surface area contributed by atoms with Crippen LogP contribution in [0.25, 0.3) is 0 Å². The zero-order chi connectivity index (χ0) is 18.0. The zero-order valence-electron chi connectivity index (χ0n) is 15.6. The first-order chi connectivity index (χ1) is 11.8. The van der Waals surface area contributed by atoms with E-state index in [0.717, 1.165) is 49.7 Å². The van der Waals surface area contributed by atoms with Gasteiger partial charge in [0, 0.05) is 37.8 Å². The molecule has 1 amide bonds. The number of hydrogen-bond acceptors (Lipinski definition) is 4. The molecule has 0 spiro atoms. The molecule has 1 aliphatic rings. The van der Waals surface area contributed by atoms with Crippen LogP contribution in [0.1, 0.15) is 48.1 Å². The van der Waals surface area contributed by atoms with Crippen LogP contribution in [0.3, 0.4) is 0 Å². The first-order valence-electron chi connectivity index (χ1n) is 8.87. The lowest BCUT2D eigenvalue weighted by atomic mass is 9.86. The molecule has 0 unspecified atom stereocenters. The summed E-state index contributed by atoms with van der Waals surface area (Å²) in [6.07, 6.45) is 0. The van der Waals surface area contributed by atoms with Gasteiger partial charge in [-0.3, -0.25) is 9.69 Å². The number of amides is 1. The average molecular weight is 341 g/mol. The zero-order valence-corrected chi connectivity index (χ0v) is 15.6. The molecule has 3 rings (SSSR count). The highest BCUT2D eigenvalue weighted by Gasteiger charge is 2.23. The Morgan fingerprint density at radius 2 is 1.76 bits per heavy atom. The van der Waals surface area contributed by atoms with Gasteiger partial charge in [-0.1, -0.05) is 38.1 Å². The number of rotatable bonds is 3. The molecule has 0 N–H and O–H groups in total. The highest BCUT2D eigenvalue weighted by atomic mass is 16.5. The van der Waals surface area contributed by atoms with Gasteiger partial charge in [-0.15, -0.1) is 0 Å². The number of piperazine rings is 1. The summed E-state index contributed by atoms with van der Waals surface area (Å²) < 4.78 is 5.28. The quantitative estimate of drug-likeness (QED) is 0.860. The topological polar surface area (TPSA) is 49.6 Å². The van der Waals surface area contributed by atoms with Gasteiger partial charge in [0.2, 0.25) is 0 Å². The summed E-state index contributed by atoms with van der Waals surface area (Å²) in [6, 6.07) is 10.00. The smallest absolute Gasteiger partial charge is 0.253 e. The van der Waals surface area contributed by atoms with E-state index in [1.54, 1.807) is 0 Å². The first-order valence-corrected chi connectivity index (χ1v) is 8.87. The summed E-state index contributed by atoms with van der Waals surface area (Å²) in [5, 5.41) is 3.92. The van der Waals surface area contributed by atoms with Crippen molar-refractivity contribution in [3.63, 3.8) is 0 Å². The third-order valence-electron chi connectivity index (χ3n) is 4.71. The molecule has 2 aromatic rings. The highest BCUT2D eigenvalue weighted by molar-refractivity contribution is 5.94. The number of nitrogens with zero attached hydrogens (tertiary/aromatic N) is 3. The Morgan fingerprint density at radius 1 is 1.12 bits per heavy atom. The van der Waals surface area contributed by atoms with Crippen molar-refractivity contribution < 1.29 is 9.32 Å². The van der Waals surface area contributed by atoms with E-state index in [1.807, 2.05) is 30.0 Å². The van der Waals surface area contributed by atoms with Crippen molar-refractivity contribution in [3.05, 3.63) is 52.9 Å². The Labute approximate surface area is 149 Å². The van der Waals surface area contributed by atoms with Crippen molar-refractivity contribution in [2.45, 2.75) is 39.7 Å². The van der Waals surface area contributed by atoms with Gasteiger partial charge in [-0.25, -0.2) is 0 Å². The maximum Gasteiger partial charge on any atom is 0.253 e. The van der Waals surface area contributed by atoms with Gasteiger partial charge in [-0.2, -0.15) is 0 Å². The molecule has 1 aromatic heterocycles. The Morgan fingerprint density at radius 3 is 2.28 bits per heavy atom. The molecule has 0 saturated carbocycles. The summed E-state index contributed by atoms with van der Waals surface area (Å²) in [6.45, 7) is 12.4. The highest BCUT2D eigenvalue weighted by Crippen LogP contribution is 2.22. The standard InChI is InChI=1S/C20H27N3O2/c1-15-13-18(25-21-15)14-22-9-11-23(12-10-22)19(24)16-5-7-17(8-6-16)20(2,3)4/h5-8,13H,9-12,14H2,1-4H3. The van der Waals surface area contributed by atoms with Crippen LogP contribution >= 0.6 is 0 Å². The van der Waals surface area contributed by atoms with E-state index in [4.69, 9.17) is 4.52 Å². The second kappa shape index (κ2) is 7.00. The van der Waals surface area contributed by atoms with E-state index in [1.165, 1.54) is 5.56 Å². The monoisotopic (exact) mass is 341 g/mol. The average Bonchev–Trinajstić information content (AvgIpc) is 2.99. The van der Waals surface area contributed by atoms with E-state index in [0.29, 0.717) is 0 Å². The number of carbonyl (C=O) groups excluding carboxylic acids is 1. The minimum Gasteiger partial charge on any atom is -0.360 e. The van der Waals surface area contributed by atoms with E-state index >= 15 is 0 Å². The minimum atomic E-state index is 0.103. The predicted octanol–water partition coefficient (Wildman–Crippen LogP) is 3.24. The predicted molar refractivity (Wildman–Crippen MR) is 97.6 cm³/mol. The molecule has 1 fully saturated rings. The molecular weight excluding hydrogens is 314 g/mol. The van der Waals surface area contributed by atoms with Crippen molar-refractivity contribution >= 4 is 5.91 Å². The van der Waals surface area contributed by atoms with Crippen LogP contribution in [0.15, 0.2) is 34.9 Å². The maximum absolute atomic E-state index is 12.7. The van der Waals surface area contributed by atoms with E-state index in [2.05, 4.69) is 43.0 Å². The summed E-state index contributed by atoms with van der Waals surface area (Å²) in [7, 11) is 0. The lowest BCUT2D eigenvalue weighted by Gasteiger charge is -2.34. The van der Waals surface area contributed by atoms with Crippen molar-refractivity contribution in [3.8, 4) is 0 Å². The van der Waals surface area contributed by atoms with Crippen molar-refractivity contribution in [2.75, 3.05) is 26.2 Å². The van der Waals surface area contributed by atoms with Gasteiger partial charge in [0.05, 0.1) is 12.2 Å². The fourth-order valence-corrected chi connectivity index (χ4v) is 3.12. The number of hydrogen-bond donors (Lipinski definition) is 0. The van der Waals surface area contributed by atoms with Crippen LogP contribution in [0.2, 0.25) is 0 Å². The van der Waals surface area contributed by atoms with Gasteiger partial charge >= 0.3 is 0 Å². The number of benzene rings is 1. The summed E-state index contributed by atoms with van der Waals surface area (Å²) >= 11 is 0. The molecule has 0 radical (unpaired) electrons. The lowest BCUT2D eigenvalue weighted by Crippen LogP contribution is -2.48. The Kier molecular flexibility index (Phi) is 4.95. The molecule has 1 aromatic carbocycles. The molecule has 5 nitrogen and oxygen atoms in total. The largest absolute Gasteiger partial charge is 0.360 e. The Bertz CT molecular complexity index is 720. The van der Waals surface area contributed by atoms with E-state index in [9.17, 15) is 4.79 Å². The molecule has 2 heterocycles. The van der Waals surface area contributed by atoms with Crippen LogP contribution < -0.4 is 0 Å². The van der Waals surface area contributed by atoms with Crippen molar-refractivity contribution in [1.82, 2.24) is 15.0 Å². The van der Waals surface area contributed by atoms with Gasteiger partial charge in [0.15, 0.2) is 5.76 Å². The normalized spacial score (nSPS) is 16.2. The molecule has 5 heteroatoms. The van der Waals surface area contributed by atoms with Crippen LogP contribution in [0, 0.1) is 6.92 Å². The number of aryl methyl sites for hydroxylation is 1. The van der Waals surface area contributed by atoms with Gasteiger partial charge in [0.25, 0.3) is 5.91 Å². The lowest BCUT2D eigenvalue weighted by molar-refractivity contribution is 0.0617. The summed E-state index contributed by atoms with van der Waals surface area (Å²) in [4.78, 5) is 16.9. The minimum absolute atomic E-state index is 0.103. The van der Waals surface area contributed by atoms with Crippen LogP contribution in [-0.2, 0) is 12.0 Å². The third kappa shape index (κ3) is 4.28. The second-order valence-corrected chi connectivity index (χ2v) is 7.83. The summed E-state index contributed by atoms with van der Waals surface area (Å²) in [5.74, 6) is 1.01. The molecule has 25 heavy (non-hydrogen) atoms. The second-order valence-electron chi connectivity index (χ2n) is 7.83. The van der Waals surface area contributed by atoms with Crippen molar-refractivity contribution in [1.29, 1.82) is 0 Å². The third-order valence-corrected chi connectivity index (χ3v) is 4.71. The first kappa shape index (κ1) is 17.7. The molecule has 1 aliphatic heterocycles. The van der Waals surface area contributed by atoms with Crippen LogP contribution in [0.4, 0.5) is 0 Å². The van der Waals surface area contributed by atoms with E-state index in [-0.39, 0.29) is 11.3 Å². The SMILES string of the molecule is Cc1cc(CN2CCN(C(=O)c3ccc(C(C)(C)C)cc3)CC2)on1. The molecule has 0 atom stereocenters. The molecule has 0 bridgehead atoms. The molecule has 134 valence electrons. The fourth-order valence-electron chi connectivity index (χ4n) is 3.12. The summed E-state index contributed by atoms with van der Waals surface area (Å²) in [5.41, 5.74) is 3.03. The number of aromatic nitrogens is 1. The van der Waals surface area contributed by atoms with Gasteiger partial charge in [-0.05, 0) is 30.0 Å². The van der Waals surface area contributed by atoms with Gasteiger partial charge < -0.3 is 9.42 Å².